The van der Waals surface area contributed by atoms with Crippen LogP contribution in [0.25, 0.3) is 0 Å². The molecule has 0 aromatic carbocycles. The van der Waals surface area contributed by atoms with Gasteiger partial charge in [0.1, 0.15) is 0 Å². The predicted molar refractivity (Wildman–Crippen MR) is 70.4 cm³/mol. The summed E-state index contributed by atoms with van der Waals surface area (Å²) in [6.07, 6.45) is 3.90. The molecule has 4 nitrogen and oxygen atoms in total. The zero-order chi connectivity index (χ0) is 12.5. The van der Waals surface area contributed by atoms with Gasteiger partial charge in [0.25, 0.3) is 0 Å². The van der Waals surface area contributed by atoms with Crippen LogP contribution in [0.1, 0.15) is 26.2 Å². The Hall–Kier alpha value is -0.160. The van der Waals surface area contributed by atoms with E-state index in [0.29, 0.717) is 12.1 Å². The maximum absolute atomic E-state index is 5.28. The zero-order valence-electron chi connectivity index (χ0n) is 11.6. The molecule has 1 heterocycles. The largest absolute Gasteiger partial charge is 0.383 e. The van der Waals surface area contributed by atoms with Crippen LogP contribution >= 0.6 is 0 Å². The topological polar surface area (TPSA) is 33.7 Å². The highest BCUT2D eigenvalue weighted by atomic mass is 16.5. The third-order valence-electron chi connectivity index (χ3n) is 3.52. The van der Waals surface area contributed by atoms with Gasteiger partial charge in [-0.1, -0.05) is 6.42 Å². The van der Waals surface area contributed by atoms with E-state index in [2.05, 4.69) is 17.1 Å². The average Bonchev–Trinajstić information content (AvgIpc) is 2.59. The van der Waals surface area contributed by atoms with Crippen molar-refractivity contribution >= 4 is 0 Å². The molecule has 2 unspecified atom stereocenters. The fourth-order valence-electron chi connectivity index (χ4n) is 2.58. The van der Waals surface area contributed by atoms with E-state index >= 15 is 0 Å². The van der Waals surface area contributed by atoms with E-state index in [4.69, 9.17) is 9.47 Å². The van der Waals surface area contributed by atoms with Crippen LogP contribution < -0.4 is 5.32 Å². The molecule has 0 saturated carbocycles. The molecule has 0 bridgehead atoms. The predicted octanol–water partition coefficient (Wildman–Crippen LogP) is 1.11. The fraction of sp³-hybridized carbons (Fsp3) is 1.00. The van der Waals surface area contributed by atoms with Crippen LogP contribution in [-0.4, -0.2) is 64.1 Å². The van der Waals surface area contributed by atoms with Gasteiger partial charge >= 0.3 is 0 Å². The lowest BCUT2D eigenvalue weighted by atomic mass is 10.1. The Morgan fingerprint density at radius 1 is 1.29 bits per heavy atom. The quantitative estimate of drug-likeness (QED) is 0.727. The number of ether oxygens (including phenoxy) is 2. The number of nitrogens with one attached hydrogen (secondary N) is 1. The molecule has 0 aromatic heterocycles. The van der Waals surface area contributed by atoms with Crippen molar-refractivity contribution in [1.29, 1.82) is 0 Å². The highest BCUT2D eigenvalue weighted by Crippen LogP contribution is 2.14. The molecule has 102 valence electrons. The molecular weight excluding hydrogens is 216 g/mol. The summed E-state index contributed by atoms with van der Waals surface area (Å²) in [4.78, 5) is 2.53. The van der Waals surface area contributed by atoms with Crippen LogP contribution in [0.4, 0.5) is 0 Å². The van der Waals surface area contributed by atoms with Crippen molar-refractivity contribution in [2.75, 3.05) is 47.1 Å². The Bertz CT molecular complexity index is 182. The number of hydrogen-bond acceptors (Lipinski definition) is 4. The molecule has 1 fully saturated rings. The van der Waals surface area contributed by atoms with Crippen molar-refractivity contribution in [3.8, 4) is 0 Å². The van der Waals surface area contributed by atoms with Crippen LogP contribution in [0.5, 0.6) is 0 Å². The fourth-order valence-corrected chi connectivity index (χ4v) is 2.58. The molecule has 0 aliphatic carbocycles. The second-order valence-corrected chi connectivity index (χ2v) is 4.89. The molecule has 17 heavy (non-hydrogen) atoms. The Morgan fingerprint density at radius 2 is 2.12 bits per heavy atom. The number of nitrogens with zero attached hydrogens (tertiary/aromatic N) is 1. The van der Waals surface area contributed by atoms with Crippen molar-refractivity contribution in [2.45, 2.75) is 38.3 Å². The Kier molecular flexibility index (Phi) is 7.77. The van der Waals surface area contributed by atoms with E-state index in [1.807, 2.05) is 0 Å². The Labute approximate surface area is 106 Å². The summed E-state index contributed by atoms with van der Waals surface area (Å²) in [5.74, 6) is 0. The third-order valence-corrected chi connectivity index (χ3v) is 3.52. The van der Waals surface area contributed by atoms with Crippen LogP contribution in [0, 0.1) is 0 Å². The van der Waals surface area contributed by atoms with E-state index in [0.717, 1.165) is 32.8 Å². The van der Waals surface area contributed by atoms with Crippen molar-refractivity contribution in [3.63, 3.8) is 0 Å². The molecule has 0 aromatic rings. The summed E-state index contributed by atoms with van der Waals surface area (Å²) in [5.41, 5.74) is 0. The first-order chi connectivity index (χ1) is 8.29. The van der Waals surface area contributed by atoms with Crippen LogP contribution in [-0.2, 0) is 9.47 Å². The van der Waals surface area contributed by atoms with Gasteiger partial charge in [0.2, 0.25) is 0 Å². The summed E-state index contributed by atoms with van der Waals surface area (Å²) < 4.78 is 10.5. The van der Waals surface area contributed by atoms with E-state index in [1.54, 1.807) is 14.2 Å². The lowest BCUT2D eigenvalue weighted by Gasteiger charge is -2.35. The molecule has 1 aliphatic heterocycles. The first kappa shape index (κ1) is 14.9. The molecule has 0 spiro atoms. The first-order valence-corrected chi connectivity index (χ1v) is 6.74. The van der Waals surface area contributed by atoms with Gasteiger partial charge in [-0.2, -0.15) is 0 Å². The Balaban J connectivity index is 2.52. The Morgan fingerprint density at radius 3 is 2.82 bits per heavy atom. The van der Waals surface area contributed by atoms with Gasteiger partial charge in [-0.25, -0.2) is 0 Å². The summed E-state index contributed by atoms with van der Waals surface area (Å²) in [6.45, 7) is 7.08. The summed E-state index contributed by atoms with van der Waals surface area (Å²) in [6, 6.07) is 1.08. The first-order valence-electron chi connectivity index (χ1n) is 6.74. The van der Waals surface area contributed by atoms with Crippen LogP contribution in [0.3, 0.4) is 0 Å². The summed E-state index contributed by atoms with van der Waals surface area (Å²) >= 11 is 0. The molecule has 0 radical (unpaired) electrons. The monoisotopic (exact) mass is 244 g/mol. The average molecular weight is 244 g/mol. The van der Waals surface area contributed by atoms with Gasteiger partial charge in [-0.3, -0.25) is 4.90 Å². The van der Waals surface area contributed by atoms with Gasteiger partial charge < -0.3 is 14.8 Å². The molecule has 1 saturated heterocycles. The minimum atomic E-state index is 0.458. The maximum atomic E-state index is 5.28. The second kappa shape index (κ2) is 8.86. The number of hydrogen-bond donors (Lipinski definition) is 1. The summed E-state index contributed by atoms with van der Waals surface area (Å²) in [7, 11) is 3.54. The van der Waals surface area contributed by atoms with Gasteiger partial charge in [-0.15, -0.1) is 0 Å². The molecule has 2 atom stereocenters. The lowest BCUT2D eigenvalue weighted by molar-refractivity contribution is 0.0455. The van der Waals surface area contributed by atoms with Gasteiger partial charge in [0.15, 0.2) is 0 Å². The standard InChI is InChI=1S/C13H28N2O2/c1-12(11-17-3)15(8-9-16-2)13-6-4-5-7-14-10-13/h12-14H,4-11H2,1-3H3. The van der Waals surface area contributed by atoms with Crippen molar-refractivity contribution in [1.82, 2.24) is 10.2 Å². The number of methoxy groups -OCH3 is 2. The van der Waals surface area contributed by atoms with Crippen molar-refractivity contribution in [3.05, 3.63) is 0 Å². The molecule has 1 aliphatic rings. The van der Waals surface area contributed by atoms with E-state index in [-0.39, 0.29) is 0 Å². The van der Waals surface area contributed by atoms with Crippen molar-refractivity contribution < 1.29 is 9.47 Å². The highest BCUT2D eigenvalue weighted by Gasteiger charge is 2.23. The van der Waals surface area contributed by atoms with Crippen LogP contribution in [0.15, 0.2) is 0 Å². The minimum absolute atomic E-state index is 0.458. The maximum Gasteiger partial charge on any atom is 0.0615 e. The van der Waals surface area contributed by atoms with Crippen LogP contribution in [0.2, 0.25) is 0 Å². The minimum Gasteiger partial charge on any atom is -0.383 e. The smallest absolute Gasteiger partial charge is 0.0615 e. The third kappa shape index (κ3) is 5.34. The molecule has 4 heteroatoms. The van der Waals surface area contributed by atoms with Gasteiger partial charge in [0, 0.05) is 39.4 Å². The highest BCUT2D eigenvalue weighted by molar-refractivity contribution is 4.80. The molecule has 1 N–H and O–H groups in total. The molecule has 1 rings (SSSR count). The number of rotatable bonds is 7. The second-order valence-electron chi connectivity index (χ2n) is 4.89. The van der Waals surface area contributed by atoms with E-state index < -0.39 is 0 Å². The molecule has 0 amide bonds. The molecular formula is C13H28N2O2. The summed E-state index contributed by atoms with van der Waals surface area (Å²) in [5, 5.41) is 3.53. The van der Waals surface area contributed by atoms with Gasteiger partial charge in [0.05, 0.1) is 13.2 Å². The zero-order valence-corrected chi connectivity index (χ0v) is 11.6. The SMILES string of the molecule is COCCN(C(C)COC)C1CCCCNC1. The normalized spacial score (nSPS) is 23.6. The van der Waals surface area contributed by atoms with E-state index in [1.165, 1.54) is 19.3 Å². The van der Waals surface area contributed by atoms with E-state index in [9.17, 15) is 0 Å². The lowest BCUT2D eigenvalue weighted by Crippen LogP contribution is -2.49. The van der Waals surface area contributed by atoms with Gasteiger partial charge in [-0.05, 0) is 26.3 Å². The van der Waals surface area contributed by atoms with Crippen molar-refractivity contribution in [2.24, 2.45) is 0 Å².